The third-order valence-electron chi connectivity index (χ3n) is 4.86. The molecule has 4 rings (SSSR count). The number of hydrogen-bond donors (Lipinski definition) is 4. The lowest BCUT2D eigenvalue weighted by molar-refractivity contribution is -0.141. The monoisotopic (exact) mass is 466 g/mol. The van der Waals surface area contributed by atoms with Gasteiger partial charge in [-0.15, -0.1) is 0 Å². The molecule has 0 saturated carbocycles. The fraction of sp³-hybridized carbons (Fsp3) is 0.300. The highest BCUT2D eigenvalue weighted by molar-refractivity contribution is 8.24. The second-order valence-electron chi connectivity index (χ2n) is 7.57. The summed E-state index contributed by atoms with van der Waals surface area (Å²) in [5, 5.41) is 5.92. The summed E-state index contributed by atoms with van der Waals surface area (Å²) in [5.41, 5.74) is 1.85. The van der Waals surface area contributed by atoms with E-state index in [0.717, 1.165) is 23.4 Å². The van der Waals surface area contributed by atoms with Gasteiger partial charge in [-0.1, -0.05) is 6.07 Å². The molecule has 0 bridgehead atoms. The minimum Gasteiger partial charge on any atom is -0.350 e. The Morgan fingerprint density at radius 2 is 1.78 bits per heavy atom. The number of nitrogens with one attached hydrogen (secondary N) is 2. The Morgan fingerprint density at radius 1 is 1.03 bits per heavy atom. The van der Waals surface area contributed by atoms with Gasteiger partial charge in [0.1, 0.15) is 5.69 Å². The Hall–Kier alpha value is -2.96. The van der Waals surface area contributed by atoms with Gasteiger partial charge in [-0.05, 0) is 42.7 Å². The molecular formula is C20H21F3N6O2S. The summed E-state index contributed by atoms with van der Waals surface area (Å²) in [6.45, 7) is 1.86. The molecule has 170 valence electrons. The standard InChI is InChI=1S/C20H21F3N6O2S/c1-12-6-13(8-16(7-12)28-19-24-4-2-17(29-19)20(21,22)23)14-9-25-18(26-10-14)27-15-3-5-32(30,31)11-15/h2,4,6-10,15,30-31H,3,5,11H2,1H3,(H,24,28,29)(H,25,26,27). The smallest absolute Gasteiger partial charge is 0.350 e. The largest absolute Gasteiger partial charge is 0.433 e. The highest BCUT2D eigenvalue weighted by Crippen LogP contribution is 2.46. The maximum atomic E-state index is 12.9. The number of alkyl halides is 3. The molecule has 0 radical (unpaired) electrons. The van der Waals surface area contributed by atoms with Crippen LogP contribution in [0.25, 0.3) is 11.1 Å². The molecule has 0 aliphatic carbocycles. The van der Waals surface area contributed by atoms with Gasteiger partial charge in [0.15, 0.2) is 0 Å². The first-order valence-corrected chi connectivity index (χ1v) is 11.6. The van der Waals surface area contributed by atoms with Gasteiger partial charge in [-0.3, -0.25) is 9.11 Å². The highest BCUT2D eigenvalue weighted by atomic mass is 32.3. The average Bonchev–Trinajstić information content (AvgIpc) is 3.06. The molecule has 1 unspecified atom stereocenters. The van der Waals surface area contributed by atoms with Crippen LogP contribution in [0.5, 0.6) is 0 Å². The van der Waals surface area contributed by atoms with E-state index < -0.39 is 22.5 Å². The summed E-state index contributed by atoms with van der Waals surface area (Å²) >= 11 is 0. The first kappa shape index (κ1) is 22.2. The fourth-order valence-corrected chi connectivity index (χ4v) is 5.12. The number of benzene rings is 1. The van der Waals surface area contributed by atoms with Crippen molar-refractivity contribution in [2.75, 3.05) is 22.1 Å². The van der Waals surface area contributed by atoms with Crippen molar-refractivity contribution >= 4 is 28.2 Å². The lowest BCUT2D eigenvalue weighted by Gasteiger charge is -2.26. The van der Waals surface area contributed by atoms with Crippen molar-refractivity contribution in [2.45, 2.75) is 25.6 Å². The second-order valence-corrected chi connectivity index (χ2v) is 9.92. The molecule has 1 aliphatic heterocycles. The molecular weight excluding hydrogens is 445 g/mol. The molecule has 1 saturated heterocycles. The van der Waals surface area contributed by atoms with E-state index in [1.165, 1.54) is 0 Å². The van der Waals surface area contributed by atoms with E-state index in [-0.39, 0.29) is 17.7 Å². The predicted octanol–water partition coefficient (Wildman–Crippen LogP) is 4.94. The summed E-state index contributed by atoms with van der Waals surface area (Å²) in [5.74, 6) is 0.883. The molecule has 3 heterocycles. The maximum Gasteiger partial charge on any atom is 0.433 e. The molecule has 1 aromatic carbocycles. The molecule has 0 amide bonds. The van der Waals surface area contributed by atoms with Crippen LogP contribution in [0.15, 0.2) is 42.9 Å². The number of anilines is 3. The van der Waals surface area contributed by atoms with Crippen LogP contribution in [-0.2, 0) is 6.18 Å². The van der Waals surface area contributed by atoms with Gasteiger partial charge >= 0.3 is 6.18 Å². The van der Waals surface area contributed by atoms with Gasteiger partial charge in [0.25, 0.3) is 0 Å². The fourth-order valence-electron chi connectivity index (χ4n) is 3.40. The summed E-state index contributed by atoms with van der Waals surface area (Å²) in [4.78, 5) is 16.0. The van der Waals surface area contributed by atoms with Crippen LogP contribution in [0.4, 0.5) is 30.8 Å². The van der Waals surface area contributed by atoms with E-state index in [1.807, 2.05) is 13.0 Å². The normalized spacial score (nSPS) is 18.9. The van der Waals surface area contributed by atoms with E-state index in [4.69, 9.17) is 0 Å². The molecule has 2 aromatic heterocycles. The van der Waals surface area contributed by atoms with Gasteiger partial charge in [-0.25, -0.2) is 19.9 Å². The first-order chi connectivity index (χ1) is 15.1. The highest BCUT2D eigenvalue weighted by Gasteiger charge is 2.33. The molecule has 12 heteroatoms. The van der Waals surface area contributed by atoms with E-state index in [9.17, 15) is 22.3 Å². The van der Waals surface area contributed by atoms with E-state index in [2.05, 4.69) is 30.6 Å². The summed E-state index contributed by atoms with van der Waals surface area (Å²) < 4.78 is 58.2. The number of aromatic nitrogens is 4. The topological polar surface area (TPSA) is 116 Å². The molecule has 0 spiro atoms. The Kier molecular flexibility index (Phi) is 5.93. The molecule has 32 heavy (non-hydrogen) atoms. The first-order valence-electron chi connectivity index (χ1n) is 9.69. The van der Waals surface area contributed by atoms with Gasteiger partial charge in [0.05, 0.1) is 5.75 Å². The Morgan fingerprint density at radius 3 is 2.44 bits per heavy atom. The van der Waals surface area contributed by atoms with E-state index in [1.54, 1.807) is 24.5 Å². The Bertz CT molecular complexity index is 1110. The third-order valence-corrected chi connectivity index (χ3v) is 6.68. The van der Waals surface area contributed by atoms with Gasteiger partial charge in [0.2, 0.25) is 11.9 Å². The number of aryl methyl sites for hydroxylation is 1. The van der Waals surface area contributed by atoms with Crippen LogP contribution < -0.4 is 10.6 Å². The average molecular weight is 466 g/mol. The molecule has 4 N–H and O–H groups in total. The zero-order chi connectivity index (χ0) is 22.9. The number of rotatable bonds is 5. The zero-order valence-electron chi connectivity index (χ0n) is 17.0. The Balaban J connectivity index is 1.50. The summed E-state index contributed by atoms with van der Waals surface area (Å²) in [7, 11) is -2.51. The number of nitrogens with zero attached hydrogens (tertiary/aromatic N) is 4. The van der Waals surface area contributed by atoms with Crippen LogP contribution in [0.2, 0.25) is 0 Å². The summed E-state index contributed by atoms with van der Waals surface area (Å²) in [6, 6.07) is 6.13. The van der Waals surface area contributed by atoms with Crippen LogP contribution in [-0.4, -0.2) is 46.6 Å². The lowest BCUT2D eigenvalue weighted by atomic mass is 10.1. The van der Waals surface area contributed by atoms with E-state index in [0.29, 0.717) is 29.4 Å². The van der Waals surface area contributed by atoms with Crippen LogP contribution >= 0.6 is 10.6 Å². The van der Waals surface area contributed by atoms with Crippen molar-refractivity contribution in [3.05, 3.63) is 54.1 Å². The number of hydrogen-bond acceptors (Lipinski definition) is 8. The predicted molar refractivity (Wildman–Crippen MR) is 117 cm³/mol. The molecule has 1 fully saturated rings. The molecule has 1 aliphatic rings. The van der Waals surface area contributed by atoms with Crippen LogP contribution in [0.3, 0.4) is 0 Å². The van der Waals surface area contributed by atoms with Crippen molar-refractivity contribution in [1.29, 1.82) is 0 Å². The van der Waals surface area contributed by atoms with Crippen molar-refractivity contribution in [3.63, 3.8) is 0 Å². The SMILES string of the molecule is Cc1cc(Nc2nccc(C(F)(F)F)n2)cc(-c2cnc(NC3CCS(O)(O)C3)nc2)c1. The van der Waals surface area contributed by atoms with E-state index >= 15 is 0 Å². The Labute approximate surface area is 183 Å². The molecule has 1 atom stereocenters. The lowest BCUT2D eigenvalue weighted by Crippen LogP contribution is -2.21. The van der Waals surface area contributed by atoms with Gasteiger partial charge in [0, 0.05) is 41.6 Å². The van der Waals surface area contributed by atoms with Crippen molar-refractivity contribution < 1.29 is 22.3 Å². The van der Waals surface area contributed by atoms with Crippen molar-refractivity contribution in [1.82, 2.24) is 19.9 Å². The van der Waals surface area contributed by atoms with Gasteiger partial charge < -0.3 is 10.6 Å². The van der Waals surface area contributed by atoms with Gasteiger partial charge in [-0.2, -0.15) is 23.8 Å². The minimum atomic E-state index is -4.56. The third kappa shape index (κ3) is 5.44. The molecule has 3 aromatic rings. The minimum absolute atomic E-state index is 0.0897. The zero-order valence-corrected chi connectivity index (χ0v) is 17.8. The van der Waals surface area contributed by atoms with Crippen molar-refractivity contribution in [3.8, 4) is 11.1 Å². The summed E-state index contributed by atoms with van der Waals surface area (Å²) in [6.07, 6.45) is 0.388. The second kappa shape index (κ2) is 8.52. The quantitative estimate of drug-likeness (QED) is 0.418. The molecule has 8 nitrogen and oxygen atoms in total. The number of halogens is 3. The van der Waals surface area contributed by atoms with Crippen LogP contribution in [0.1, 0.15) is 17.7 Å². The van der Waals surface area contributed by atoms with Crippen LogP contribution in [0, 0.1) is 6.92 Å². The van der Waals surface area contributed by atoms with Crippen molar-refractivity contribution in [2.24, 2.45) is 0 Å². The maximum absolute atomic E-state index is 12.9.